The van der Waals surface area contributed by atoms with Gasteiger partial charge in [0.25, 0.3) is 5.60 Å². The zero-order valence-corrected chi connectivity index (χ0v) is 19.9. The van der Waals surface area contributed by atoms with Gasteiger partial charge in [0.05, 0.1) is 26.7 Å². The first-order valence-corrected chi connectivity index (χ1v) is 11.1. The number of amides is 1. The largest absolute Gasteiger partial charge is 0.435 e. The van der Waals surface area contributed by atoms with Crippen LogP contribution in [0.15, 0.2) is 41.6 Å². The summed E-state index contributed by atoms with van der Waals surface area (Å²) in [6.07, 6.45) is -5.34. The van der Waals surface area contributed by atoms with E-state index < -0.39 is 18.2 Å². The second-order valence-electron chi connectivity index (χ2n) is 8.27. The molecule has 1 fully saturated rings. The van der Waals surface area contributed by atoms with Gasteiger partial charge < -0.3 is 14.6 Å². The average molecular weight is 521 g/mol. The minimum Gasteiger partial charge on any atom is -0.374 e. The van der Waals surface area contributed by atoms with E-state index in [1.54, 1.807) is 43.3 Å². The second-order valence-corrected chi connectivity index (χ2v) is 9.46. The molecule has 1 atom stereocenters. The third-order valence-corrected chi connectivity index (χ3v) is 7.07. The fourth-order valence-electron chi connectivity index (χ4n) is 3.92. The van der Waals surface area contributed by atoms with Crippen molar-refractivity contribution in [3.05, 3.63) is 62.6 Å². The molecule has 5 nitrogen and oxygen atoms in total. The minimum atomic E-state index is -4.79. The van der Waals surface area contributed by atoms with Crippen molar-refractivity contribution in [1.29, 1.82) is 0 Å². The quantitative estimate of drug-likeness (QED) is 0.482. The molecule has 0 spiro atoms. The highest BCUT2D eigenvalue weighted by molar-refractivity contribution is 6.48. The lowest BCUT2D eigenvalue weighted by molar-refractivity contribution is -0.275. The van der Waals surface area contributed by atoms with Gasteiger partial charge >= 0.3 is 6.18 Å². The van der Waals surface area contributed by atoms with Gasteiger partial charge in [0.2, 0.25) is 5.91 Å². The number of alkyl halides is 3. The second kappa shape index (κ2) is 8.56. The summed E-state index contributed by atoms with van der Waals surface area (Å²) < 4.78 is 42.5. The Labute approximate surface area is 203 Å². The highest BCUT2D eigenvalue weighted by Gasteiger charge is 2.62. The van der Waals surface area contributed by atoms with E-state index in [1.165, 1.54) is 0 Å². The Morgan fingerprint density at radius 2 is 1.70 bits per heavy atom. The fourth-order valence-corrected chi connectivity index (χ4v) is 4.52. The molecule has 0 bridgehead atoms. The molecular weight excluding hydrogens is 502 g/mol. The molecular formula is C22H19Cl3F3N3O2. The van der Waals surface area contributed by atoms with Crippen LogP contribution in [0, 0.1) is 5.92 Å². The summed E-state index contributed by atoms with van der Waals surface area (Å²) in [5.41, 5.74) is -1.49. The van der Waals surface area contributed by atoms with Crippen LogP contribution in [0.4, 0.5) is 18.9 Å². The predicted octanol–water partition coefficient (Wildman–Crippen LogP) is 5.75. The Morgan fingerprint density at radius 3 is 2.21 bits per heavy atom. The molecule has 1 amide bonds. The van der Waals surface area contributed by atoms with Crippen molar-refractivity contribution in [2.24, 2.45) is 11.1 Å². The summed E-state index contributed by atoms with van der Waals surface area (Å²) in [7, 11) is 3.44. The Morgan fingerprint density at radius 1 is 1.12 bits per heavy atom. The van der Waals surface area contributed by atoms with E-state index in [-0.39, 0.29) is 38.2 Å². The molecule has 2 aromatic carbocycles. The van der Waals surface area contributed by atoms with Crippen LogP contribution in [-0.2, 0) is 15.2 Å². The van der Waals surface area contributed by atoms with E-state index in [9.17, 15) is 18.0 Å². The lowest BCUT2D eigenvalue weighted by Gasteiger charge is -2.41. The molecule has 176 valence electrons. The molecule has 0 saturated carbocycles. The van der Waals surface area contributed by atoms with E-state index in [2.05, 4.69) is 5.16 Å². The van der Waals surface area contributed by atoms with E-state index in [4.69, 9.17) is 39.6 Å². The van der Waals surface area contributed by atoms with Gasteiger partial charge in [-0.1, -0.05) is 52.1 Å². The van der Waals surface area contributed by atoms with Crippen LogP contribution >= 0.6 is 34.8 Å². The van der Waals surface area contributed by atoms with Crippen molar-refractivity contribution < 1.29 is 22.8 Å². The Balaban J connectivity index is 1.53. The fraction of sp³-hybridized carbons (Fsp3) is 0.364. The molecule has 0 radical (unpaired) electrons. The van der Waals surface area contributed by atoms with E-state index in [0.29, 0.717) is 18.7 Å². The molecule has 33 heavy (non-hydrogen) atoms. The van der Waals surface area contributed by atoms with Crippen molar-refractivity contribution in [1.82, 2.24) is 4.90 Å². The number of hydrogen-bond acceptors (Lipinski definition) is 4. The van der Waals surface area contributed by atoms with Crippen LogP contribution in [-0.4, -0.2) is 49.9 Å². The Kier molecular flexibility index (Phi) is 6.22. The van der Waals surface area contributed by atoms with Gasteiger partial charge in [-0.2, -0.15) is 13.2 Å². The van der Waals surface area contributed by atoms with Crippen LogP contribution in [0.3, 0.4) is 0 Å². The molecule has 1 saturated heterocycles. The van der Waals surface area contributed by atoms with Crippen LogP contribution in [0.5, 0.6) is 0 Å². The van der Waals surface area contributed by atoms with E-state index in [0.717, 1.165) is 17.8 Å². The van der Waals surface area contributed by atoms with Crippen LogP contribution in [0.25, 0.3) is 0 Å². The van der Waals surface area contributed by atoms with Crippen molar-refractivity contribution in [2.45, 2.75) is 18.2 Å². The number of rotatable bonds is 4. The van der Waals surface area contributed by atoms with Gasteiger partial charge in [-0.25, -0.2) is 0 Å². The number of carbonyl (C=O) groups excluding carboxylic acids is 1. The lowest BCUT2D eigenvalue weighted by Crippen LogP contribution is -2.53. The molecule has 11 heteroatoms. The summed E-state index contributed by atoms with van der Waals surface area (Å²) in [5.74, 6) is 0.0175. The maximum absolute atomic E-state index is 14.2. The summed E-state index contributed by atoms with van der Waals surface area (Å²) in [6, 6.07) is 9.15. The van der Waals surface area contributed by atoms with E-state index in [1.807, 2.05) is 4.90 Å². The van der Waals surface area contributed by atoms with Crippen LogP contribution < -0.4 is 4.90 Å². The third kappa shape index (κ3) is 4.24. The Hall–Kier alpha value is -2.16. The van der Waals surface area contributed by atoms with Crippen molar-refractivity contribution in [3.63, 3.8) is 0 Å². The summed E-state index contributed by atoms with van der Waals surface area (Å²) in [4.78, 5) is 20.6. The SMILES string of the molecule is CN(C)C(=O)C1CN(c2ccc(C3=NOC(c4cc(Cl)c(Cl)c(Cl)c4)(C(F)(F)F)C3)cc2)C1. The minimum absolute atomic E-state index is 0.0327. The number of nitrogens with zero attached hydrogens (tertiary/aromatic N) is 3. The molecule has 0 aromatic heterocycles. The summed E-state index contributed by atoms with van der Waals surface area (Å²) >= 11 is 17.8. The van der Waals surface area contributed by atoms with Gasteiger partial charge in [-0.05, 0) is 29.8 Å². The summed E-state index contributed by atoms with van der Waals surface area (Å²) in [6.45, 7) is 1.19. The van der Waals surface area contributed by atoms with Gasteiger partial charge in [-0.3, -0.25) is 4.79 Å². The monoisotopic (exact) mass is 519 g/mol. The third-order valence-electron chi connectivity index (χ3n) is 5.87. The van der Waals surface area contributed by atoms with Crippen LogP contribution in [0.1, 0.15) is 17.5 Å². The highest BCUT2D eigenvalue weighted by atomic mass is 35.5. The first-order valence-electron chi connectivity index (χ1n) is 9.96. The van der Waals surface area contributed by atoms with Gasteiger partial charge in [-0.15, -0.1) is 0 Å². The lowest BCUT2D eigenvalue weighted by atomic mass is 9.86. The molecule has 0 N–H and O–H groups in total. The molecule has 2 aliphatic heterocycles. The molecule has 4 rings (SSSR count). The van der Waals surface area contributed by atoms with Gasteiger partial charge in [0, 0.05) is 44.9 Å². The summed E-state index contributed by atoms with van der Waals surface area (Å²) in [5, 5.41) is 3.52. The topological polar surface area (TPSA) is 45.1 Å². The predicted molar refractivity (Wildman–Crippen MR) is 122 cm³/mol. The standard InChI is InChI=1S/C22H19Cl3F3N3O2/c1-30(2)20(32)13-10-31(11-13)15-5-3-12(4-6-15)18-9-21(33-29-18,22(26,27)28)14-7-16(23)19(25)17(24)8-14/h3-8,13H,9-11H2,1-2H3. The van der Waals surface area contributed by atoms with Gasteiger partial charge in [0.1, 0.15) is 0 Å². The number of halogens is 6. The van der Waals surface area contributed by atoms with Crippen molar-refractivity contribution >= 4 is 52.1 Å². The molecule has 2 aliphatic rings. The number of anilines is 1. The smallest absolute Gasteiger partial charge is 0.374 e. The highest BCUT2D eigenvalue weighted by Crippen LogP contribution is 2.50. The van der Waals surface area contributed by atoms with Gasteiger partial charge in [0.15, 0.2) is 0 Å². The maximum Gasteiger partial charge on any atom is 0.435 e. The van der Waals surface area contributed by atoms with Crippen molar-refractivity contribution in [2.75, 3.05) is 32.1 Å². The number of carbonyl (C=O) groups is 1. The van der Waals surface area contributed by atoms with E-state index >= 15 is 0 Å². The number of benzene rings is 2. The zero-order chi connectivity index (χ0) is 24.1. The Bertz CT molecular complexity index is 1090. The van der Waals surface area contributed by atoms with Crippen molar-refractivity contribution in [3.8, 4) is 0 Å². The molecule has 2 aromatic rings. The molecule has 1 unspecified atom stereocenters. The molecule has 0 aliphatic carbocycles. The normalized spacial score (nSPS) is 20.8. The maximum atomic E-state index is 14.2. The number of hydrogen-bond donors (Lipinski definition) is 0. The average Bonchev–Trinajstić information content (AvgIpc) is 3.18. The first kappa shape index (κ1) is 24.0. The van der Waals surface area contributed by atoms with Crippen LogP contribution in [0.2, 0.25) is 15.1 Å². The zero-order valence-electron chi connectivity index (χ0n) is 17.6. The molecule has 2 heterocycles. The first-order chi connectivity index (χ1) is 15.4. The number of oxime groups is 1.